The van der Waals surface area contributed by atoms with Crippen LogP contribution in [-0.2, 0) is 35.0 Å². The van der Waals surface area contributed by atoms with Crippen LogP contribution in [0.5, 0.6) is 0 Å². The van der Waals surface area contributed by atoms with Gasteiger partial charge in [-0.2, -0.15) is 0 Å². The molecule has 234 valence electrons. The fraction of sp³-hybridized carbons (Fsp3) is 0.448. The summed E-state index contributed by atoms with van der Waals surface area (Å²) in [7, 11) is 0. The molecule has 4 atom stereocenters. The van der Waals surface area contributed by atoms with Gasteiger partial charge in [0.25, 0.3) is 5.91 Å². The van der Waals surface area contributed by atoms with Gasteiger partial charge >= 0.3 is 12.1 Å². The summed E-state index contributed by atoms with van der Waals surface area (Å²) in [6.45, 7) is 2.97. The lowest BCUT2D eigenvalue weighted by Crippen LogP contribution is -2.81. The van der Waals surface area contributed by atoms with Crippen molar-refractivity contribution in [1.29, 1.82) is 0 Å². The monoisotopic (exact) mass is 625 g/mol. The number of β-lactam (4-membered cyclic amide) rings is 1. The molecule has 2 aliphatic rings. The summed E-state index contributed by atoms with van der Waals surface area (Å²) in [4.78, 5) is 53.9. The lowest BCUT2D eigenvalue weighted by Gasteiger charge is -2.51. The van der Waals surface area contributed by atoms with Gasteiger partial charge in [-0.3, -0.25) is 20.2 Å². The largest absolute Gasteiger partial charge is 0.511 e. The number of thioether (sulfide) groups is 1. The van der Waals surface area contributed by atoms with E-state index in [0.29, 0.717) is 6.54 Å². The van der Waals surface area contributed by atoms with E-state index in [4.69, 9.17) is 20.7 Å². The molecule has 0 radical (unpaired) electrons. The van der Waals surface area contributed by atoms with Crippen molar-refractivity contribution in [3.05, 3.63) is 82.2 Å². The zero-order chi connectivity index (χ0) is 31.7. The average Bonchev–Trinajstić information content (AvgIpc) is 3.21. The van der Waals surface area contributed by atoms with Crippen LogP contribution in [0.4, 0.5) is 4.79 Å². The number of nitrogens with two attached hydrogens (primary N) is 1. The van der Waals surface area contributed by atoms with Crippen LogP contribution >= 0.6 is 11.8 Å². The molecule has 4 rings (SSSR count). The predicted molar refractivity (Wildman–Crippen MR) is 161 cm³/mol. The van der Waals surface area contributed by atoms with Gasteiger partial charge in [0.2, 0.25) is 12.7 Å². The first-order valence-corrected chi connectivity index (χ1v) is 14.8. The molecule has 0 bridgehead atoms. The molecule has 2 aromatic rings. The zero-order valence-corrected chi connectivity index (χ0v) is 25.2. The number of carbonyl (C=O) groups is 4. The number of hydrogen-bond acceptors (Lipinski definition) is 11. The topological polar surface area (TPSA) is 198 Å². The van der Waals surface area contributed by atoms with E-state index in [9.17, 15) is 19.2 Å². The van der Waals surface area contributed by atoms with Gasteiger partial charge in [-0.05, 0) is 49.9 Å². The molecule has 14 nitrogen and oxygen atoms in total. The first-order chi connectivity index (χ1) is 21.1. The average molecular weight is 626 g/mol. The van der Waals surface area contributed by atoms with Crippen molar-refractivity contribution in [3.63, 3.8) is 0 Å². The molecule has 0 spiro atoms. The van der Waals surface area contributed by atoms with Crippen molar-refractivity contribution < 1.29 is 33.4 Å². The smallest absolute Gasteiger partial charge is 0.434 e. The van der Waals surface area contributed by atoms with E-state index in [1.807, 2.05) is 48.5 Å². The van der Waals surface area contributed by atoms with Crippen molar-refractivity contribution in [2.45, 2.75) is 54.6 Å². The van der Waals surface area contributed by atoms with E-state index < -0.39 is 58.6 Å². The molecule has 1 unspecified atom stereocenters. The quantitative estimate of drug-likeness (QED) is 0.0534. The third-order valence-electron chi connectivity index (χ3n) is 7.21. The van der Waals surface area contributed by atoms with Crippen molar-refractivity contribution in [2.24, 2.45) is 10.8 Å². The summed E-state index contributed by atoms with van der Waals surface area (Å²) >= 11 is 1.17. The van der Waals surface area contributed by atoms with Gasteiger partial charge in [0, 0.05) is 9.66 Å². The molecule has 2 aliphatic heterocycles. The van der Waals surface area contributed by atoms with Crippen LogP contribution in [0.2, 0.25) is 0 Å². The van der Waals surface area contributed by atoms with Crippen LogP contribution in [-0.4, -0.2) is 77.2 Å². The first kappa shape index (κ1) is 32.6. The Bertz CT molecular complexity index is 1390. The molecule has 4 N–H and O–H groups in total. The minimum absolute atomic E-state index is 0.0807. The molecule has 44 heavy (non-hydrogen) atoms. The summed E-state index contributed by atoms with van der Waals surface area (Å²) < 4.78 is 13.6. The van der Waals surface area contributed by atoms with E-state index in [2.05, 4.69) is 37.5 Å². The van der Waals surface area contributed by atoms with Crippen LogP contribution < -0.4 is 16.4 Å². The molecule has 0 aromatic heterocycles. The number of ether oxygens (including phenoxy) is 3. The summed E-state index contributed by atoms with van der Waals surface area (Å²) in [5, 5.41) is 9.34. The second-order valence-corrected chi connectivity index (χ2v) is 12.6. The van der Waals surface area contributed by atoms with E-state index in [1.165, 1.54) is 22.2 Å². The Morgan fingerprint density at radius 1 is 1.09 bits per heavy atom. The molecule has 2 saturated heterocycles. The van der Waals surface area contributed by atoms with E-state index in [1.54, 1.807) is 13.8 Å². The van der Waals surface area contributed by atoms with E-state index >= 15 is 0 Å². The van der Waals surface area contributed by atoms with Crippen LogP contribution in [0.3, 0.4) is 0 Å². The second kappa shape index (κ2) is 14.4. The highest BCUT2D eigenvalue weighted by atomic mass is 32.2. The summed E-state index contributed by atoms with van der Waals surface area (Å²) in [5.41, 5.74) is 16.8. The number of benzene rings is 2. The fourth-order valence-electron chi connectivity index (χ4n) is 5.23. The maximum Gasteiger partial charge on any atom is 0.511 e. The summed E-state index contributed by atoms with van der Waals surface area (Å²) in [5.74, 6) is -1.79. The lowest BCUT2D eigenvalue weighted by molar-refractivity contribution is -0.175. The molecular weight excluding hydrogens is 590 g/mol. The molecule has 15 heteroatoms. The molecule has 2 fully saturated rings. The number of fused-ring (bicyclic) bond motifs is 1. The third-order valence-corrected chi connectivity index (χ3v) is 8.72. The van der Waals surface area contributed by atoms with Crippen molar-refractivity contribution in [3.8, 4) is 0 Å². The molecule has 0 aliphatic carbocycles. The predicted octanol–water partition coefficient (Wildman–Crippen LogP) is 2.75. The highest BCUT2D eigenvalue weighted by Gasteiger charge is 2.72. The number of aryl methyl sites for hydroxylation is 1. The Morgan fingerprint density at radius 3 is 2.45 bits per heavy atom. The molecule has 0 saturated carbocycles. The number of amides is 2. The van der Waals surface area contributed by atoms with Crippen LogP contribution in [0.1, 0.15) is 37.4 Å². The highest BCUT2D eigenvalue weighted by Crippen LogP contribution is 2.55. The first-order valence-electron chi connectivity index (χ1n) is 14.0. The zero-order valence-electron chi connectivity index (χ0n) is 24.4. The number of nitrogens with one attached hydrogen (secondary N) is 2. The minimum atomic E-state index is -1.41. The number of azide groups is 1. The number of carbonyl (C=O) groups excluding carboxylic acids is 4. The third kappa shape index (κ3) is 7.42. The number of hydrogen-bond donors (Lipinski definition) is 3. The normalized spacial score (nSPS) is 22.1. The van der Waals surface area contributed by atoms with E-state index in [-0.39, 0.29) is 13.2 Å². The Balaban J connectivity index is 1.36. The van der Waals surface area contributed by atoms with Gasteiger partial charge in [-0.25, -0.2) is 9.59 Å². The SMILES string of the molecule is CC1(C)S[C@]2(N)[C@H](NC(=O)C(NCCCc3ccccc3)c3ccccc3)C(=O)N2[C@H]1C(=O)OCOC(=O)OCCN=[N+]=[N-]. The van der Waals surface area contributed by atoms with E-state index in [0.717, 1.165) is 18.4 Å². The molecular formula is C29H35N7O7S. The van der Waals surface area contributed by atoms with Crippen molar-refractivity contribution in [2.75, 3.05) is 26.5 Å². The second-order valence-electron chi connectivity index (χ2n) is 10.7. The van der Waals surface area contributed by atoms with Crippen LogP contribution in [0, 0.1) is 0 Å². The maximum absolute atomic E-state index is 13.6. The highest BCUT2D eigenvalue weighted by molar-refractivity contribution is 8.02. The van der Waals surface area contributed by atoms with Gasteiger partial charge in [-0.15, -0.1) is 11.8 Å². The maximum atomic E-state index is 13.6. The van der Waals surface area contributed by atoms with Gasteiger partial charge in [-0.1, -0.05) is 65.8 Å². The summed E-state index contributed by atoms with van der Waals surface area (Å²) in [6, 6.07) is 16.3. The number of esters is 1. The van der Waals surface area contributed by atoms with Gasteiger partial charge in [0.05, 0.1) is 6.54 Å². The van der Waals surface area contributed by atoms with Gasteiger partial charge in [0.1, 0.15) is 18.7 Å². The lowest BCUT2D eigenvalue weighted by atomic mass is 9.93. The Labute approximate surface area is 258 Å². The molecule has 2 aromatic carbocycles. The van der Waals surface area contributed by atoms with Crippen LogP contribution in [0.15, 0.2) is 65.8 Å². The Hall–Kier alpha value is -4.30. The van der Waals surface area contributed by atoms with Crippen molar-refractivity contribution >= 4 is 35.7 Å². The minimum Gasteiger partial charge on any atom is -0.434 e. The van der Waals surface area contributed by atoms with Gasteiger partial charge < -0.3 is 24.8 Å². The Morgan fingerprint density at radius 2 is 1.77 bits per heavy atom. The molecule has 2 amide bonds. The standard InChI is InChI=1S/C29H35N7O7S/c1-28(2)23(26(39)42-18-43-27(40)41-17-16-33-35-31)36-25(38)22(29(36,30)44-28)34-24(37)21(20-13-7-4-8-14-20)32-15-9-12-19-10-5-3-6-11-19/h3-8,10-11,13-14,21-23,32H,9,12,15-18,30H2,1-2H3,(H,34,37)/t21?,22-,23+,29+/m1/s1. The molecule has 2 heterocycles. The van der Waals surface area contributed by atoms with Crippen molar-refractivity contribution in [1.82, 2.24) is 15.5 Å². The van der Waals surface area contributed by atoms with Gasteiger partial charge in [0.15, 0.2) is 11.0 Å². The number of nitrogens with zero attached hydrogens (tertiary/aromatic N) is 4. The Kier molecular flexibility index (Phi) is 10.7. The fourth-order valence-corrected chi connectivity index (χ4v) is 6.96. The summed E-state index contributed by atoms with van der Waals surface area (Å²) in [6.07, 6.45) is 0.512. The van der Waals surface area contributed by atoms with Crippen LogP contribution in [0.25, 0.3) is 10.4 Å². The number of rotatable bonds is 14.